The van der Waals surface area contributed by atoms with E-state index >= 15 is 0 Å². The number of furan rings is 1. The van der Waals surface area contributed by atoms with E-state index in [2.05, 4.69) is 4.99 Å². The predicted molar refractivity (Wildman–Crippen MR) is 143 cm³/mol. The van der Waals surface area contributed by atoms with Gasteiger partial charge in [-0.05, 0) is 30.2 Å². The SMILES string of the molecule is CCC1=C(C(=O)OC)[C@H](c2ccccc2)n2c(s/c(=C\c3ccc(-c4cc([N+](=O)[O-])ccc4Cl)o3)c2=O)=N1. The van der Waals surface area contributed by atoms with Crippen LogP contribution in [-0.2, 0) is 9.53 Å². The van der Waals surface area contributed by atoms with E-state index in [9.17, 15) is 19.7 Å². The molecular formula is C27H20ClN3O6S. The molecule has 3 heterocycles. The smallest absolute Gasteiger partial charge is 0.338 e. The first kappa shape index (κ1) is 25.4. The number of thiazole rings is 1. The molecule has 11 heteroatoms. The summed E-state index contributed by atoms with van der Waals surface area (Å²) in [6.07, 6.45) is 2.05. The summed E-state index contributed by atoms with van der Waals surface area (Å²) in [7, 11) is 1.30. The number of aromatic nitrogens is 1. The second kappa shape index (κ2) is 10.2. The third-order valence-electron chi connectivity index (χ3n) is 6.09. The van der Waals surface area contributed by atoms with E-state index < -0.39 is 16.9 Å². The molecule has 38 heavy (non-hydrogen) atoms. The minimum atomic E-state index is -0.701. The summed E-state index contributed by atoms with van der Waals surface area (Å²) in [6, 6.07) is 15.9. The molecule has 0 saturated heterocycles. The number of nitro benzene ring substituents is 1. The van der Waals surface area contributed by atoms with E-state index in [4.69, 9.17) is 20.8 Å². The summed E-state index contributed by atoms with van der Waals surface area (Å²) in [5.74, 6) is 0.131. The molecule has 2 aromatic heterocycles. The molecule has 0 bridgehead atoms. The maximum Gasteiger partial charge on any atom is 0.338 e. The largest absolute Gasteiger partial charge is 0.466 e. The fourth-order valence-electron chi connectivity index (χ4n) is 4.33. The Hall–Kier alpha value is -4.28. The van der Waals surface area contributed by atoms with Crippen molar-refractivity contribution < 1.29 is 18.9 Å². The lowest BCUT2D eigenvalue weighted by molar-refractivity contribution is -0.384. The fraction of sp³-hybridized carbons (Fsp3) is 0.148. The Kier molecular flexibility index (Phi) is 6.83. The molecule has 0 amide bonds. The van der Waals surface area contributed by atoms with E-state index in [1.165, 1.54) is 41.2 Å². The van der Waals surface area contributed by atoms with Gasteiger partial charge in [-0.15, -0.1) is 0 Å². The number of allylic oxidation sites excluding steroid dienone is 1. The lowest BCUT2D eigenvalue weighted by Crippen LogP contribution is -2.40. The summed E-state index contributed by atoms with van der Waals surface area (Å²) >= 11 is 7.43. The molecule has 9 nitrogen and oxygen atoms in total. The average molecular weight is 550 g/mol. The number of nitrogens with zero attached hydrogens (tertiary/aromatic N) is 3. The molecule has 1 aliphatic rings. The molecule has 0 aliphatic carbocycles. The molecule has 0 saturated carbocycles. The van der Waals surface area contributed by atoms with E-state index in [1.807, 2.05) is 37.3 Å². The van der Waals surface area contributed by atoms with Gasteiger partial charge in [0.2, 0.25) is 0 Å². The second-order valence-corrected chi connectivity index (χ2v) is 9.74. The zero-order valence-corrected chi connectivity index (χ0v) is 21.8. The normalized spacial score (nSPS) is 15.2. The van der Waals surface area contributed by atoms with Crippen LogP contribution in [0.4, 0.5) is 5.69 Å². The Morgan fingerprint density at radius 3 is 2.68 bits per heavy atom. The minimum Gasteiger partial charge on any atom is -0.466 e. The van der Waals surface area contributed by atoms with E-state index in [1.54, 1.807) is 18.2 Å². The molecule has 1 aliphatic heterocycles. The Bertz CT molecular complexity index is 1780. The first-order valence-electron chi connectivity index (χ1n) is 11.5. The highest BCUT2D eigenvalue weighted by atomic mass is 35.5. The number of hydrogen-bond donors (Lipinski definition) is 0. The van der Waals surface area contributed by atoms with Crippen molar-refractivity contribution in [2.24, 2.45) is 4.99 Å². The number of methoxy groups -OCH3 is 1. The van der Waals surface area contributed by atoms with Gasteiger partial charge in [-0.25, -0.2) is 9.79 Å². The third kappa shape index (κ3) is 4.48. The number of non-ortho nitro benzene ring substituents is 1. The molecule has 0 unspecified atom stereocenters. The fourth-order valence-corrected chi connectivity index (χ4v) is 5.55. The summed E-state index contributed by atoms with van der Waals surface area (Å²) < 4.78 is 12.8. The lowest BCUT2D eigenvalue weighted by atomic mass is 9.95. The van der Waals surface area contributed by atoms with Gasteiger partial charge in [0.1, 0.15) is 11.5 Å². The van der Waals surface area contributed by atoms with E-state index in [0.29, 0.717) is 49.1 Å². The topological polar surface area (TPSA) is 117 Å². The molecule has 0 fully saturated rings. The van der Waals surface area contributed by atoms with Crippen LogP contribution < -0.4 is 14.9 Å². The van der Waals surface area contributed by atoms with Crippen molar-refractivity contribution in [1.29, 1.82) is 0 Å². The average Bonchev–Trinajstić information content (AvgIpc) is 3.52. The molecule has 4 aromatic rings. The highest BCUT2D eigenvalue weighted by Crippen LogP contribution is 2.33. The van der Waals surface area contributed by atoms with Crippen LogP contribution in [0.25, 0.3) is 17.4 Å². The van der Waals surface area contributed by atoms with Gasteiger partial charge in [-0.2, -0.15) is 0 Å². The molecule has 1 atom stereocenters. The quantitative estimate of drug-likeness (QED) is 0.197. The number of fused-ring (bicyclic) bond motifs is 1. The summed E-state index contributed by atoms with van der Waals surface area (Å²) in [5.41, 5.74) is 1.53. The number of carbonyl (C=O) groups is 1. The first-order chi connectivity index (χ1) is 18.3. The number of halogens is 1. The number of esters is 1. The molecule has 0 radical (unpaired) electrons. The second-order valence-electron chi connectivity index (χ2n) is 8.32. The number of nitro groups is 1. The van der Waals surface area contributed by atoms with Crippen LogP contribution in [0.15, 0.2) is 86.1 Å². The van der Waals surface area contributed by atoms with Crippen molar-refractivity contribution in [2.75, 3.05) is 7.11 Å². The van der Waals surface area contributed by atoms with Crippen molar-refractivity contribution in [2.45, 2.75) is 19.4 Å². The minimum absolute atomic E-state index is 0.121. The molecule has 192 valence electrons. The predicted octanol–water partition coefficient (Wildman–Crippen LogP) is 4.62. The van der Waals surface area contributed by atoms with Gasteiger partial charge in [0.15, 0.2) is 4.80 Å². The Labute approximate surface area is 224 Å². The van der Waals surface area contributed by atoms with Gasteiger partial charge in [-0.3, -0.25) is 19.5 Å². The number of hydrogen-bond acceptors (Lipinski definition) is 8. The zero-order valence-electron chi connectivity index (χ0n) is 20.2. The van der Waals surface area contributed by atoms with Gasteiger partial charge in [0, 0.05) is 23.8 Å². The van der Waals surface area contributed by atoms with Crippen molar-refractivity contribution in [1.82, 2.24) is 4.57 Å². The van der Waals surface area contributed by atoms with Gasteiger partial charge in [-0.1, -0.05) is 60.2 Å². The summed E-state index contributed by atoms with van der Waals surface area (Å²) in [6.45, 7) is 1.89. The standard InChI is InChI=1S/C27H20ClN3O6S/c1-3-20-23(26(33)36-2)24(15-7-5-4-6-8-15)30-25(32)22(38-27(30)29-20)14-17-10-12-21(37-17)18-13-16(31(34)35)9-11-19(18)28/h4-14,24H,3H2,1-2H3/b22-14-/t24-/m0/s1. The molecule has 0 N–H and O–H groups in total. The Morgan fingerprint density at radius 1 is 1.24 bits per heavy atom. The van der Waals surface area contributed by atoms with Gasteiger partial charge >= 0.3 is 5.97 Å². The Morgan fingerprint density at radius 2 is 2.00 bits per heavy atom. The molecular weight excluding hydrogens is 530 g/mol. The van der Waals surface area contributed by atoms with E-state index in [-0.39, 0.29) is 11.2 Å². The maximum absolute atomic E-state index is 13.7. The summed E-state index contributed by atoms with van der Waals surface area (Å²) in [4.78, 5) is 42.3. The number of rotatable bonds is 6. The van der Waals surface area contributed by atoms with Crippen LogP contribution in [0.5, 0.6) is 0 Å². The lowest BCUT2D eigenvalue weighted by Gasteiger charge is -2.25. The number of benzene rings is 2. The van der Waals surface area contributed by atoms with E-state index in [0.717, 1.165) is 5.56 Å². The van der Waals surface area contributed by atoms with Crippen LogP contribution in [-0.4, -0.2) is 22.6 Å². The van der Waals surface area contributed by atoms with Gasteiger partial charge < -0.3 is 9.15 Å². The van der Waals surface area contributed by atoms with Gasteiger partial charge in [0.05, 0.1) is 38.9 Å². The molecule has 2 aromatic carbocycles. The monoisotopic (exact) mass is 549 g/mol. The number of ether oxygens (including phenoxy) is 1. The molecule has 0 spiro atoms. The van der Waals surface area contributed by atoms with Crippen LogP contribution in [0.2, 0.25) is 5.02 Å². The van der Waals surface area contributed by atoms with Crippen molar-refractivity contribution in [3.05, 3.63) is 118 Å². The van der Waals surface area contributed by atoms with Crippen LogP contribution in [0.1, 0.15) is 30.7 Å². The highest BCUT2D eigenvalue weighted by molar-refractivity contribution is 7.07. The number of carbonyl (C=O) groups excluding carboxylic acids is 1. The van der Waals surface area contributed by atoms with Crippen LogP contribution in [0, 0.1) is 10.1 Å². The first-order valence-corrected chi connectivity index (χ1v) is 12.7. The Balaban J connectivity index is 1.65. The maximum atomic E-state index is 13.7. The summed E-state index contributed by atoms with van der Waals surface area (Å²) in [5, 5.41) is 11.5. The highest BCUT2D eigenvalue weighted by Gasteiger charge is 2.33. The van der Waals surface area contributed by atoms with Crippen molar-refractivity contribution in [3.8, 4) is 11.3 Å². The van der Waals surface area contributed by atoms with Crippen molar-refractivity contribution in [3.63, 3.8) is 0 Å². The molecule has 5 rings (SSSR count). The van der Waals surface area contributed by atoms with Crippen molar-refractivity contribution >= 4 is 40.7 Å². The van der Waals surface area contributed by atoms with Crippen LogP contribution in [0.3, 0.4) is 0 Å². The van der Waals surface area contributed by atoms with Crippen LogP contribution >= 0.6 is 22.9 Å². The van der Waals surface area contributed by atoms with Gasteiger partial charge in [0.25, 0.3) is 11.2 Å². The zero-order chi connectivity index (χ0) is 27.0. The third-order valence-corrected chi connectivity index (χ3v) is 7.40.